The normalized spacial score (nSPS) is 52.9. The lowest BCUT2D eigenvalue weighted by atomic mass is 9.33. The second-order valence-electron chi connectivity index (χ2n) is 20.7. The molecule has 17 nitrogen and oxygen atoms in total. The van der Waals surface area contributed by atoms with Gasteiger partial charge in [-0.15, -0.1) is 0 Å². The molecular formula is C42H68O17. The Morgan fingerprint density at radius 2 is 1.34 bits per heavy atom. The van der Waals surface area contributed by atoms with E-state index in [2.05, 4.69) is 40.7 Å². The average Bonchev–Trinajstić information content (AvgIpc) is 3.17. The summed E-state index contributed by atoms with van der Waals surface area (Å²) in [5, 5.41) is 131. The number of aliphatic hydroxyl groups excluding tert-OH is 11. The third-order valence-electron chi connectivity index (χ3n) is 17.4. The summed E-state index contributed by atoms with van der Waals surface area (Å²) in [6.45, 7) is 7.85. The second kappa shape index (κ2) is 15.7. The molecule has 6 fully saturated rings. The van der Waals surface area contributed by atoms with E-state index in [4.69, 9.17) is 18.9 Å². The number of allylic oxidation sites excluding steroid dienone is 2. The van der Waals surface area contributed by atoms with Crippen LogP contribution in [0.25, 0.3) is 0 Å². The van der Waals surface area contributed by atoms with Gasteiger partial charge in [0, 0.05) is 5.41 Å². The highest BCUT2D eigenvalue weighted by Gasteiger charge is 2.73. The zero-order valence-corrected chi connectivity index (χ0v) is 34.7. The Labute approximate surface area is 344 Å². The van der Waals surface area contributed by atoms with Crippen LogP contribution < -0.4 is 0 Å². The van der Waals surface area contributed by atoms with Crippen LogP contribution in [0.15, 0.2) is 11.6 Å². The van der Waals surface area contributed by atoms with Crippen LogP contribution in [0.5, 0.6) is 0 Å². The van der Waals surface area contributed by atoms with Crippen LogP contribution in [0, 0.1) is 50.2 Å². The molecule has 59 heavy (non-hydrogen) atoms. The monoisotopic (exact) mass is 844 g/mol. The van der Waals surface area contributed by atoms with Crippen molar-refractivity contribution in [3.05, 3.63) is 11.6 Å². The van der Waals surface area contributed by atoms with Gasteiger partial charge >= 0.3 is 5.97 Å². The predicted octanol–water partition coefficient (Wildman–Crippen LogP) is -1.23. The number of carboxylic acids is 1. The van der Waals surface area contributed by atoms with E-state index in [0.29, 0.717) is 38.5 Å². The summed E-state index contributed by atoms with van der Waals surface area (Å²) in [6.07, 6.45) is -15.1. The highest BCUT2D eigenvalue weighted by Crippen LogP contribution is 2.76. The molecule has 0 aromatic carbocycles. The summed E-state index contributed by atoms with van der Waals surface area (Å²) in [5.74, 6) is -1.97. The number of fused-ring (bicyclic) bond motifs is 7. The van der Waals surface area contributed by atoms with Gasteiger partial charge in [0.25, 0.3) is 0 Å². The van der Waals surface area contributed by atoms with Gasteiger partial charge in [-0.1, -0.05) is 46.3 Å². The molecule has 7 aliphatic rings. The molecular weight excluding hydrogens is 776 g/mol. The third-order valence-corrected chi connectivity index (χ3v) is 17.4. The van der Waals surface area contributed by atoms with Gasteiger partial charge in [0.2, 0.25) is 0 Å². The maximum Gasteiger partial charge on any atom is 0.312 e. The number of aliphatic carboxylic acids is 1. The number of hydrogen-bond donors (Lipinski definition) is 12. The summed E-state index contributed by atoms with van der Waals surface area (Å²) in [6, 6.07) is 0. The molecule has 17 heteroatoms. The van der Waals surface area contributed by atoms with Crippen LogP contribution in [0.1, 0.15) is 86.0 Å². The molecule has 0 radical (unpaired) electrons. The lowest BCUT2D eigenvalue weighted by Gasteiger charge is -2.72. The number of rotatable bonds is 9. The first-order valence-corrected chi connectivity index (χ1v) is 21.3. The highest BCUT2D eigenvalue weighted by atomic mass is 16.8. The third kappa shape index (κ3) is 6.54. The van der Waals surface area contributed by atoms with Gasteiger partial charge in [-0.25, -0.2) is 0 Å². The molecule has 0 aromatic heterocycles. The fourth-order valence-electron chi connectivity index (χ4n) is 13.9. The largest absolute Gasteiger partial charge is 0.481 e. The minimum atomic E-state index is -1.90. The Bertz CT molecular complexity index is 1590. The van der Waals surface area contributed by atoms with E-state index in [-0.39, 0.29) is 30.1 Å². The van der Waals surface area contributed by atoms with Crippen molar-refractivity contribution in [3.8, 4) is 0 Å². The van der Waals surface area contributed by atoms with Gasteiger partial charge in [0.1, 0.15) is 54.2 Å². The van der Waals surface area contributed by atoms with E-state index < -0.39 is 145 Å². The number of carbonyl (C=O) groups is 1. The lowest BCUT2D eigenvalue weighted by molar-refractivity contribution is -0.386. The Kier molecular flexibility index (Phi) is 12.1. The fraction of sp³-hybridized carbons (Fsp3) is 0.929. The van der Waals surface area contributed by atoms with Crippen LogP contribution in [-0.4, -0.2) is 173 Å². The average molecular weight is 845 g/mol. The maximum atomic E-state index is 13.1. The van der Waals surface area contributed by atoms with Gasteiger partial charge in [-0.2, -0.15) is 0 Å². The molecule has 2 aliphatic heterocycles. The Morgan fingerprint density at radius 3 is 1.93 bits per heavy atom. The van der Waals surface area contributed by atoms with Crippen LogP contribution >= 0.6 is 0 Å². The van der Waals surface area contributed by atoms with E-state index in [9.17, 15) is 66.1 Å². The molecule has 0 amide bonds. The minimum Gasteiger partial charge on any atom is -0.481 e. The number of aliphatic hydroxyl groups is 11. The van der Waals surface area contributed by atoms with Gasteiger partial charge < -0.3 is 80.2 Å². The van der Waals surface area contributed by atoms with Gasteiger partial charge in [-0.05, 0) is 90.8 Å². The molecule has 5 aliphatic carbocycles. The van der Waals surface area contributed by atoms with Crippen LogP contribution in [0.4, 0.5) is 0 Å². The lowest BCUT2D eigenvalue weighted by Crippen LogP contribution is -2.72. The highest BCUT2D eigenvalue weighted by molar-refractivity contribution is 5.77. The SMILES string of the molecule is CC1(C)CC[C@]2(C(=O)O)[C@H](O)C[C@]3(C)C(=CC[C@@H]4[C@@]5(C)C[C@H](O)[C@H](O[C@@H]6O[C@H](CO)[C@@H](O)[C@H](O)[C@H]6O[C@@H]6O[C@H](CO)[C@@H](O)[C@H](O)[C@H]6O)C(CO)(CO)[C@@H]5CC[C@]43C)[C@@H]2C1. The van der Waals surface area contributed by atoms with E-state index >= 15 is 0 Å². The van der Waals surface area contributed by atoms with Gasteiger partial charge in [0.05, 0.1) is 44.7 Å². The number of carboxylic acid groups (broad SMARTS) is 1. The van der Waals surface area contributed by atoms with Crippen LogP contribution in [0.2, 0.25) is 0 Å². The number of ether oxygens (including phenoxy) is 4. The van der Waals surface area contributed by atoms with Gasteiger partial charge in [-0.3, -0.25) is 4.79 Å². The zero-order chi connectivity index (χ0) is 43.4. The van der Waals surface area contributed by atoms with Crippen molar-refractivity contribution in [1.82, 2.24) is 0 Å². The minimum absolute atomic E-state index is 0.125. The standard InChI is InChI=1S/C42H68O17/c1-37(2)10-11-42(36(54)55)20(12-37)19-6-7-24-38(3)13-21(47)33(41(17-45,18-46)25(38)8-9-39(24,4)40(19,5)14-26(42)48)59-35-32(30(52)28(50)23(16-44)57-35)58-34-31(53)29(51)27(49)22(15-43)56-34/h6,20-35,43-53H,7-18H2,1-5H3,(H,54,55)/t20-,21-,22+,23+,24+,25+,26+,27+,28+,29-,30-,31+,32+,33-,34-,35-,38+,39+,40+,42+/m0/s1. The molecule has 0 bridgehead atoms. The zero-order valence-electron chi connectivity index (χ0n) is 34.7. The molecule has 12 N–H and O–H groups in total. The first-order chi connectivity index (χ1) is 27.6. The van der Waals surface area contributed by atoms with Gasteiger partial charge in [0.15, 0.2) is 12.6 Å². The molecule has 2 heterocycles. The Hall–Kier alpha value is -1.39. The van der Waals surface area contributed by atoms with E-state index in [1.54, 1.807) is 0 Å². The molecule has 4 saturated carbocycles. The fourth-order valence-corrected chi connectivity index (χ4v) is 13.9. The van der Waals surface area contributed by atoms with Crippen LogP contribution in [-0.2, 0) is 23.7 Å². The maximum absolute atomic E-state index is 13.1. The number of hydrogen-bond acceptors (Lipinski definition) is 16. The van der Waals surface area contributed by atoms with Crippen molar-refractivity contribution in [2.24, 2.45) is 50.2 Å². The Balaban J connectivity index is 1.22. The summed E-state index contributed by atoms with van der Waals surface area (Å²) in [4.78, 5) is 13.1. The first kappa shape index (κ1) is 45.6. The van der Waals surface area contributed by atoms with Crippen molar-refractivity contribution in [2.75, 3.05) is 26.4 Å². The van der Waals surface area contributed by atoms with Crippen molar-refractivity contribution in [1.29, 1.82) is 0 Å². The van der Waals surface area contributed by atoms with Crippen molar-refractivity contribution < 1.29 is 85.0 Å². The smallest absolute Gasteiger partial charge is 0.312 e. The molecule has 20 atom stereocenters. The summed E-state index contributed by atoms with van der Waals surface area (Å²) >= 11 is 0. The quantitative estimate of drug-likeness (QED) is 0.0956. The van der Waals surface area contributed by atoms with Crippen molar-refractivity contribution in [3.63, 3.8) is 0 Å². The van der Waals surface area contributed by atoms with E-state index in [1.165, 1.54) is 0 Å². The summed E-state index contributed by atoms with van der Waals surface area (Å²) in [7, 11) is 0. The van der Waals surface area contributed by atoms with E-state index in [1.807, 2.05) is 0 Å². The molecule has 338 valence electrons. The predicted molar refractivity (Wildman–Crippen MR) is 204 cm³/mol. The Morgan fingerprint density at radius 1 is 0.729 bits per heavy atom. The summed E-state index contributed by atoms with van der Waals surface area (Å²) in [5.41, 5.74) is -3.73. The first-order valence-electron chi connectivity index (χ1n) is 21.3. The van der Waals surface area contributed by atoms with Crippen molar-refractivity contribution in [2.45, 2.75) is 166 Å². The van der Waals surface area contributed by atoms with Crippen molar-refractivity contribution >= 4 is 5.97 Å². The summed E-state index contributed by atoms with van der Waals surface area (Å²) < 4.78 is 23.8. The molecule has 0 aromatic rings. The molecule has 0 spiro atoms. The topological polar surface area (TPSA) is 297 Å². The molecule has 2 saturated heterocycles. The molecule has 0 unspecified atom stereocenters. The van der Waals surface area contributed by atoms with Crippen LogP contribution in [0.3, 0.4) is 0 Å². The molecule has 7 rings (SSSR count). The second-order valence-corrected chi connectivity index (χ2v) is 20.7. The van der Waals surface area contributed by atoms with E-state index in [0.717, 1.165) is 5.57 Å².